The van der Waals surface area contributed by atoms with Crippen molar-refractivity contribution in [2.75, 3.05) is 5.73 Å². The number of nitrogens with zero attached hydrogens (tertiary/aromatic N) is 3. The van der Waals surface area contributed by atoms with Gasteiger partial charge in [0.2, 0.25) is 0 Å². The van der Waals surface area contributed by atoms with E-state index in [1.54, 1.807) is 0 Å². The second kappa shape index (κ2) is 4.51. The van der Waals surface area contributed by atoms with Crippen LogP contribution in [-0.2, 0) is 13.2 Å². The molecule has 20 heavy (non-hydrogen) atoms. The van der Waals surface area contributed by atoms with E-state index in [0.29, 0.717) is 0 Å². The molecule has 2 aromatic rings. The van der Waals surface area contributed by atoms with E-state index >= 15 is 0 Å². The van der Waals surface area contributed by atoms with Crippen molar-refractivity contribution in [3.63, 3.8) is 0 Å². The van der Waals surface area contributed by atoms with Crippen LogP contribution >= 0.6 is 0 Å². The molecule has 0 radical (unpaired) electrons. The normalized spacial score (nSPS) is 11.6. The van der Waals surface area contributed by atoms with Crippen molar-refractivity contribution in [2.24, 2.45) is 7.05 Å². The van der Waals surface area contributed by atoms with Gasteiger partial charge in [0, 0.05) is 19.2 Å². The van der Waals surface area contributed by atoms with Crippen molar-refractivity contribution < 1.29 is 18.1 Å². The lowest BCUT2D eigenvalue weighted by molar-refractivity contribution is -0.384. The highest BCUT2D eigenvalue weighted by Crippen LogP contribution is 2.39. The van der Waals surface area contributed by atoms with Gasteiger partial charge in [-0.3, -0.25) is 14.8 Å². The van der Waals surface area contributed by atoms with Crippen molar-refractivity contribution in [3.8, 4) is 11.1 Å². The minimum atomic E-state index is -4.66. The zero-order valence-corrected chi connectivity index (χ0v) is 10.2. The molecule has 0 spiro atoms. The number of nitro benzene ring substituents is 1. The van der Waals surface area contributed by atoms with E-state index in [1.807, 2.05) is 0 Å². The Morgan fingerprint density at radius 3 is 2.30 bits per heavy atom. The maximum Gasteiger partial charge on any atom is 0.435 e. The van der Waals surface area contributed by atoms with Crippen LogP contribution in [0.3, 0.4) is 0 Å². The summed E-state index contributed by atoms with van der Waals surface area (Å²) in [5.74, 6) is -0.161. The average molecular weight is 286 g/mol. The molecule has 9 heteroatoms. The van der Waals surface area contributed by atoms with Gasteiger partial charge in [0.15, 0.2) is 5.69 Å². The lowest BCUT2D eigenvalue weighted by Crippen LogP contribution is -2.08. The molecule has 2 N–H and O–H groups in total. The zero-order chi connectivity index (χ0) is 15.1. The van der Waals surface area contributed by atoms with Crippen LogP contribution in [0.25, 0.3) is 11.1 Å². The predicted molar refractivity (Wildman–Crippen MR) is 64.7 cm³/mol. The molecule has 0 aliphatic carbocycles. The number of hydrogen-bond acceptors (Lipinski definition) is 4. The van der Waals surface area contributed by atoms with Crippen LogP contribution in [0.4, 0.5) is 24.7 Å². The number of hydrogen-bond donors (Lipinski definition) is 1. The number of halogens is 3. The third kappa shape index (κ3) is 2.29. The highest BCUT2D eigenvalue weighted by molar-refractivity contribution is 5.77. The Morgan fingerprint density at radius 1 is 1.30 bits per heavy atom. The summed E-state index contributed by atoms with van der Waals surface area (Å²) < 4.78 is 39.6. The Kier molecular flexibility index (Phi) is 3.12. The molecular formula is C11H9F3N4O2. The first-order chi connectivity index (χ1) is 9.21. The van der Waals surface area contributed by atoms with Gasteiger partial charge in [-0.1, -0.05) is 0 Å². The number of rotatable bonds is 2. The SMILES string of the molecule is Cn1nc(C(F)(F)F)c(-c2ccc([N+](=O)[O-])cc2)c1N. The molecule has 2 rings (SSSR count). The van der Waals surface area contributed by atoms with Gasteiger partial charge < -0.3 is 5.73 Å². The first-order valence-electron chi connectivity index (χ1n) is 5.36. The van der Waals surface area contributed by atoms with E-state index in [9.17, 15) is 23.3 Å². The van der Waals surface area contributed by atoms with Crippen LogP contribution in [0.15, 0.2) is 24.3 Å². The Labute approximate surface area is 110 Å². The van der Waals surface area contributed by atoms with Crippen LogP contribution in [0.1, 0.15) is 5.69 Å². The van der Waals surface area contributed by atoms with E-state index in [0.717, 1.165) is 16.8 Å². The summed E-state index contributed by atoms with van der Waals surface area (Å²) in [4.78, 5) is 9.89. The molecule has 6 nitrogen and oxygen atoms in total. The van der Waals surface area contributed by atoms with E-state index < -0.39 is 16.8 Å². The Bertz CT molecular complexity index is 662. The van der Waals surface area contributed by atoms with E-state index in [4.69, 9.17) is 5.73 Å². The number of nitrogen functional groups attached to an aromatic ring is 1. The number of nitrogens with two attached hydrogens (primary N) is 1. The summed E-state index contributed by atoms with van der Waals surface area (Å²) >= 11 is 0. The third-order valence-electron chi connectivity index (χ3n) is 2.73. The summed E-state index contributed by atoms with van der Waals surface area (Å²) in [7, 11) is 1.29. The molecule has 0 aliphatic heterocycles. The minimum absolute atomic E-state index is 0.119. The third-order valence-corrected chi connectivity index (χ3v) is 2.73. The van der Waals surface area contributed by atoms with Gasteiger partial charge in [-0.25, -0.2) is 0 Å². The summed E-state index contributed by atoms with van der Waals surface area (Å²) in [6, 6.07) is 4.64. The highest BCUT2D eigenvalue weighted by atomic mass is 19.4. The molecule has 106 valence electrons. The fourth-order valence-corrected chi connectivity index (χ4v) is 1.77. The molecule has 0 unspecified atom stereocenters. The van der Waals surface area contributed by atoms with E-state index in [2.05, 4.69) is 5.10 Å². The molecule has 0 aliphatic rings. The highest BCUT2D eigenvalue weighted by Gasteiger charge is 2.39. The number of benzene rings is 1. The summed E-state index contributed by atoms with van der Waals surface area (Å²) in [6.07, 6.45) is -4.66. The molecule has 0 bridgehead atoms. The first kappa shape index (κ1) is 13.8. The molecule has 0 fully saturated rings. The standard InChI is InChI=1S/C11H9F3N4O2/c1-17-10(15)8(9(16-17)11(12,13)14)6-2-4-7(5-3-6)18(19)20/h2-5H,15H2,1H3. The van der Waals surface area contributed by atoms with Gasteiger partial charge in [0.25, 0.3) is 5.69 Å². The Balaban J connectivity index is 2.60. The fourth-order valence-electron chi connectivity index (χ4n) is 1.77. The number of aromatic nitrogens is 2. The minimum Gasteiger partial charge on any atom is -0.383 e. The number of anilines is 1. The van der Waals surface area contributed by atoms with Crippen molar-refractivity contribution in [1.82, 2.24) is 9.78 Å². The van der Waals surface area contributed by atoms with Crippen LogP contribution in [0, 0.1) is 10.1 Å². The van der Waals surface area contributed by atoms with Crippen molar-refractivity contribution >= 4 is 11.5 Å². The van der Waals surface area contributed by atoms with E-state index in [1.165, 1.54) is 19.2 Å². The smallest absolute Gasteiger partial charge is 0.383 e. The van der Waals surface area contributed by atoms with Gasteiger partial charge >= 0.3 is 6.18 Å². The van der Waals surface area contributed by atoms with E-state index in [-0.39, 0.29) is 22.6 Å². The number of non-ortho nitro benzene ring substituents is 1. The molecule has 0 amide bonds. The largest absolute Gasteiger partial charge is 0.435 e. The lowest BCUT2D eigenvalue weighted by Gasteiger charge is -2.06. The monoisotopic (exact) mass is 286 g/mol. The maximum atomic E-state index is 12.9. The van der Waals surface area contributed by atoms with Gasteiger partial charge in [-0.05, 0) is 17.7 Å². The summed E-state index contributed by atoms with van der Waals surface area (Å²) in [5, 5.41) is 13.9. The van der Waals surface area contributed by atoms with Crippen molar-refractivity contribution in [1.29, 1.82) is 0 Å². The molecule has 0 saturated carbocycles. The number of aryl methyl sites for hydroxylation is 1. The van der Waals surface area contributed by atoms with Gasteiger partial charge in [-0.2, -0.15) is 18.3 Å². The molecule has 1 heterocycles. The van der Waals surface area contributed by atoms with Gasteiger partial charge in [0.1, 0.15) is 5.82 Å². The molecule has 1 aromatic carbocycles. The molecule has 0 saturated heterocycles. The molecule has 1 aromatic heterocycles. The quantitative estimate of drug-likeness (QED) is 0.679. The first-order valence-corrected chi connectivity index (χ1v) is 5.36. The predicted octanol–water partition coefficient (Wildman–Crippen LogP) is 2.60. The molecular weight excluding hydrogens is 277 g/mol. The van der Waals surface area contributed by atoms with Crippen molar-refractivity contribution in [3.05, 3.63) is 40.1 Å². The topological polar surface area (TPSA) is 87.0 Å². The Hall–Kier alpha value is -2.58. The number of alkyl halides is 3. The van der Waals surface area contributed by atoms with Crippen LogP contribution in [-0.4, -0.2) is 14.7 Å². The second-order valence-corrected chi connectivity index (χ2v) is 4.03. The van der Waals surface area contributed by atoms with Crippen LogP contribution < -0.4 is 5.73 Å². The van der Waals surface area contributed by atoms with Gasteiger partial charge in [-0.15, -0.1) is 0 Å². The average Bonchev–Trinajstić information content (AvgIpc) is 2.66. The Morgan fingerprint density at radius 2 is 1.85 bits per heavy atom. The maximum absolute atomic E-state index is 12.9. The van der Waals surface area contributed by atoms with Gasteiger partial charge in [0.05, 0.1) is 10.5 Å². The molecule has 0 atom stereocenters. The zero-order valence-electron chi connectivity index (χ0n) is 10.2. The lowest BCUT2D eigenvalue weighted by atomic mass is 10.0. The summed E-state index contributed by atoms with van der Waals surface area (Å²) in [5.41, 5.74) is 4.10. The summed E-state index contributed by atoms with van der Waals surface area (Å²) in [6.45, 7) is 0. The van der Waals surface area contributed by atoms with Crippen molar-refractivity contribution in [2.45, 2.75) is 6.18 Å². The van der Waals surface area contributed by atoms with Crippen LogP contribution in [0.5, 0.6) is 0 Å². The van der Waals surface area contributed by atoms with Crippen LogP contribution in [0.2, 0.25) is 0 Å². The second-order valence-electron chi connectivity index (χ2n) is 4.03. The number of nitro groups is 1. The fraction of sp³-hybridized carbons (Fsp3) is 0.182.